The Hall–Kier alpha value is -0.910. The first kappa shape index (κ1) is 12.1. The van der Waals surface area contributed by atoms with Gasteiger partial charge in [0.2, 0.25) is 5.91 Å². The van der Waals surface area contributed by atoms with Crippen LogP contribution in [-0.4, -0.2) is 51.2 Å². The molecule has 0 radical (unpaired) electrons. The maximum Gasteiger partial charge on any atom is 0.316 e. The predicted molar refractivity (Wildman–Crippen MR) is 48.8 cm³/mol. The first-order valence-corrected chi connectivity index (χ1v) is 5.27. The molecule has 0 aromatic heterocycles. The van der Waals surface area contributed by atoms with Gasteiger partial charge in [-0.25, -0.2) is 0 Å². The third kappa shape index (κ3) is 5.35. The first-order valence-electron chi connectivity index (χ1n) is 3.78. The number of hydrogen-bond donors (Lipinski definition) is 1. The molecule has 0 aliphatic carbocycles. The van der Waals surface area contributed by atoms with E-state index < -0.39 is 22.5 Å². The second kappa shape index (κ2) is 5.69. The van der Waals surface area contributed by atoms with E-state index in [4.69, 9.17) is 5.11 Å². The molecule has 76 valence electrons. The number of amides is 1. The lowest BCUT2D eigenvalue weighted by atomic mass is 10.5. The summed E-state index contributed by atoms with van der Waals surface area (Å²) in [5, 5.41) is 8.27. The van der Waals surface area contributed by atoms with Crippen molar-refractivity contribution in [3.8, 4) is 0 Å². The van der Waals surface area contributed by atoms with Crippen molar-refractivity contribution in [1.82, 2.24) is 4.90 Å². The largest absolute Gasteiger partial charge is 0.481 e. The SMILES string of the molecule is CCN(C)C(=O)CS(=O)CC(=O)O. The summed E-state index contributed by atoms with van der Waals surface area (Å²) in [5.74, 6) is -2.12. The van der Waals surface area contributed by atoms with Crippen molar-refractivity contribution < 1.29 is 18.9 Å². The third-order valence-electron chi connectivity index (χ3n) is 1.47. The lowest BCUT2D eigenvalue weighted by Gasteiger charge is -2.13. The van der Waals surface area contributed by atoms with Crippen molar-refractivity contribution >= 4 is 22.7 Å². The Morgan fingerprint density at radius 3 is 2.31 bits per heavy atom. The van der Waals surface area contributed by atoms with Crippen LogP contribution in [0, 0.1) is 0 Å². The van der Waals surface area contributed by atoms with Crippen LogP contribution in [-0.2, 0) is 20.4 Å². The van der Waals surface area contributed by atoms with E-state index in [9.17, 15) is 13.8 Å². The molecule has 0 fully saturated rings. The summed E-state index contributed by atoms with van der Waals surface area (Å²) >= 11 is 0. The van der Waals surface area contributed by atoms with Crippen LogP contribution in [0.15, 0.2) is 0 Å². The monoisotopic (exact) mass is 207 g/mol. The van der Waals surface area contributed by atoms with Gasteiger partial charge in [-0.15, -0.1) is 0 Å². The van der Waals surface area contributed by atoms with E-state index in [1.807, 2.05) is 0 Å². The molecular formula is C7H13NO4S. The Morgan fingerprint density at radius 1 is 1.38 bits per heavy atom. The van der Waals surface area contributed by atoms with Crippen LogP contribution in [0.2, 0.25) is 0 Å². The van der Waals surface area contributed by atoms with Crippen LogP contribution in [0.1, 0.15) is 6.92 Å². The minimum absolute atomic E-state index is 0.212. The number of rotatable bonds is 5. The van der Waals surface area contributed by atoms with Crippen molar-refractivity contribution in [3.63, 3.8) is 0 Å². The number of carboxylic acids is 1. The topological polar surface area (TPSA) is 74.7 Å². The van der Waals surface area contributed by atoms with Gasteiger partial charge in [-0.1, -0.05) is 0 Å². The highest BCUT2D eigenvalue weighted by atomic mass is 32.2. The van der Waals surface area contributed by atoms with E-state index in [2.05, 4.69) is 0 Å². The highest BCUT2D eigenvalue weighted by molar-refractivity contribution is 7.86. The van der Waals surface area contributed by atoms with Crippen molar-refractivity contribution in [2.24, 2.45) is 0 Å². The van der Waals surface area contributed by atoms with Crippen LogP contribution in [0.5, 0.6) is 0 Å². The number of hydrogen-bond acceptors (Lipinski definition) is 3. The molecule has 0 aliphatic rings. The fourth-order valence-corrected chi connectivity index (χ4v) is 1.49. The normalized spacial score (nSPS) is 12.2. The molecular weight excluding hydrogens is 194 g/mol. The smallest absolute Gasteiger partial charge is 0.316 e. The van der Waals surface area contributed by atoms with Gasteiger partial charge in [-0.3, -0.25) is 13.8 Å². The van der Waals surface area contributed by atoms with Gasteiger partial charge in [0.15, 0.2) is 0 Å². The molecule has 13 heavy (non-hydrogen) atoms. The molecule has 0 bridgehead atoms. The molecule has 0 rings (SSSR count). The summed E-state index contributed by atoms with van der Waals surface area (Å²) in [6.07, 6.45) is 0. The van der Waals surface area contributed by atoms with E-state index in [0.717, 1.165) is 0 Å². The summed E-state index contributed by atoms with van der Waals surface area (Å²) in [5.41, 5.74) is 0. The number of aliphatic carboxylic acids is 1. The quantitative estimate of drug-likeness (QED) is 0.646. The highest BCUT2D eigenvalue weighted by Gasteiger charge is 2.13. The molecule has 1 amide bonds. The molecule has 5 nitrogen and oxygen atoms in total. The molecule has 1 unspecified atom stereocenters. The molecule has 0 aromatic rings. The fraction of sp³-hybridized carbons (Fsp3) is 0.714. The molecule has 0 heterocycles. The lowest BCUT2D eigenvalue weighted by Crippen LogP contribution is -2.31. The maximum atomic E-state index is 11.1. The first-order chi connectivity index (χ1) is 5.97. The molecule has 0 aromatic carbocycles. The summed E-state index contributed by atoms with van der Waals surface area (Å²) in [4.78, 5) is 22.6. The third-order valence-corrected chi connectivity index (χ3v) is 2.61. The van der Waals surface area contributed by atoms with Crippen LogP contribution in [0.25, 0.3) is 0 Å². The minimum atomic E-state index is -1.59. The lowest BCUT2D eigenvalue weighted by molar-refractivity contribution is -0.133. The second-order valence-electron chi connectivity index (χ2n) is 2.53. The van der Waals surface area contributed by atoms with Gasteiger partial charge >= 0.3 is 5.97 Å². The van der Waals surface area contributed by atoms with Crippen molar-refractivity contribution in [3.05, 3.63) is 0 Å². The van der Waals surface area contributed by atoms with Crippen LogP contribution >= 0.6 is 0 Å². The average molecular weight is 207 g/mol. The summed E-state index contributed by atoms with van der Waals surface area (Å²) < 4.78 is 11.0. The van der Waals surface area contributed by atoms with Gasteiger partial charge < -0.3 is 10.0 Å². The molecule has 1 atom stereocenters. The van der Waals surface area contributed by atoms with E-state index in [0.29, 0.717) is 6.54 Å². The zero-order valence-electron chi connectivity index (χ0n) is 7.65. The molecule has 1 N–H and O–H groups in total. The van der Waals surface area contributed by atoms with Gasteiger partial charge in [0, 0.05) is 24.4 Å². The molecule has 6 heteroatoms. The number of carbonyl (C=O) groups is 2. The number of nitrogens with zero attached hydrogens (tertiary/aromatic N) is 1. The Kier molecular flexibility index (Phi) is 5.29. The van der Waals surface area contributed by atoms with E-state index in [1.54, 1.807) is 14.0 Å². The van der Waals surface area contributed by atoms with Crippen molar-refractivity contribution in [2.75, 3.05) is 25.1 Å². The molecule has 0 spiro atoms. The molecule has 0 saturated heterocycles. The van der Waals surface area contributed by atoms with Gasteiger partial charge in [0.05, 0.1) is 0 Å². The predicted octanol–water partition coefficient (Wildman–Crippen LogP) is -0.702. The van der Waals surface area contributed by atoms with E-state index >= 15 is 0 Å². The Balaban J connectivity index is 3.92. The van der Waals surface area contributed by atoms with Crippen molar-refractivity contribution in [2.45, 2.75) is 6.92 Å². The zero-order chi connectivity index (χ0) is 10.4. The van der Waals surface area contributed by atoms with E-state index in [1.165, 1.54) is 4.90 Å². The Labute approximate surface area is 79.2 Å². The van der Waals surface area contributed by atoms with Crippen molar-refractivity contribution in [1.29, 1.82) is 0 Å². The van der Waals surface area contributed by atoms with E-state index in [-0.39, 0.29) is 11.7 Å². The zero-order valence-corrected chi connectivity index (χ0v) is 8.47. The average Bonchev–Trinajstić information content (AvgIpc) is 2.01. The Bertz CT molecular complexity index is 229. The Morgan fingerprint density at radius 2 is 1.92 bits per heavy atom. The van der Waals surface area contributed by atoms with Gasteiger partial charge in [0.25, 0.3) is 0 Å². The molecule has 0 saturated carbocycles. The highest BCUT2D eigenvalue weighted by Crippen LogP contribution is 1.89. The second-order valence-corrected chi connectivity index (χ2v) is 3.99. The summed E-state index contributed by atoms with van der Waals surface area (Å²) in [6.45, 7) is 2.32. The van der Waals surface area contributed by atoms with Gasteiger partial charge in [-0.2, -0.15) is 0 Å². The summed E-state index contributed by atoms with van der Waals surface area (Å²) in [6, 6.07) is 0. The number of carboxylic acid groups (broad SMARTS) is 1. The van der Waals surface area contributed by atoms with Crippen LogP contribution < -0.4 is 0 Å². The van der Waals surface area contributed by atoms with Crippen LogP contribution in [0.4, 0.5) is 0 Å². The minimum Gasteiger partial charge on any atom is -0.481 e. The molecule has 0 aliphatic heterocycles. The fourth-order valence-electron chi connectivity index (χ4n) is 0.613. The van der Waals surface area contributed by atoms with Crippen LogP contribution in [0.3, 0.4) is 0 Å². The summed E-state index contributed by atoms with van der Waals surface area (Å²) in [7, 11) is -0.00952. The standard InChI is InChI=1S/C7H13NO4S/c1-3-8(2)6(9)4-13(12)5-7(10)11/h3-5H2,1-2H3,(H,10,11). The number of carbonyl (C=O) groups excluding carboxylic acids is 1. The van der Waals surface area contributed by atoms with Gasteiger partial charge in [0.1, 0.15) is 11.5 Å². The van der Waals surface area contributed by atoms with Gasteiger partial charge in [-0.05, 0) is 6.92 Å². The maximum absolute atomic E-state index is 11.1.